The van der Waals surface area contributed by atoms with Crippen molar-refractivity contribution >= 4 is 0 Å². The summed E-state index contributed by atoms with van der Waals surface area (Å²) >= 11 is 0. The van der Waals surface area contributed by atoms with Crippen LogP contribution in [0.3, 0.4) is 0 Å². The number of nitrogens with two attached hydrogens (primary N) is 1. The molecule has 1 fully saturated rings. The Balaban J connectivity index is 2.56. The molecule has 90 valence electrons. The molecule has 3 heteroatoms. The number of methoxy groups -OCH3 is 1. The van der Waals surface area contributed by atoms with Crippen molar-refractivity contribution in [3.8, 4) is 0 Å². The van der Waals surface area contributed by atoms with E-state index in [0.29, 0.717) is 12.0 Å². The highest BCUT2D eigenvalue weighted by Crippen LogP contribution is 2.39. The van der Waals surface area contributed by atoms with E-state index in [0.717, 1.165) is 32.5 Å². The zero-order valence-corrected chi connectivity index (χ0v) is 10.6. The van der Waals surface area contributed by atoms with Crippen LogP contribution in [0, 0.1) is 5.92 Å². The Labute approximate surface area is 94.0 Å². The van der Waals surface area contributed by atoms with Crippen LogP contribution in [0.5, 0.6) is 0 Å². The van der Waals surface area contributed by atoms with Gasteiger partial charge in [0, 0.05) is 25.7 Å². The first-order valence-electron chi connectivity index (χ1n) is 6.06. The molecule has 0 spiro atoms. The fourth-order valence-electron chi connectivity index (χ4n) is 2.61. The van der Waals surface area contributed by atoms with Crippen LogP contribution in [-0.4, -0.2) is 43.3 Å². The lowest BCUT2D eigenvalue weighted by Crippen LogP contribution is -2.64. The standard InChI is InChI=1S/C12H26N2O/c1-5-14(8-10(2)3)12(9-13)6-11(7-12)15-4/h10-11H,5-9,13H2,1-4H3. The third-order valence-electron chi connectivity index (χ3n) is 3.57. The number of nitrogens with zero attached hydrogens (tertiary/aromatic N) is 1. The number of ether oxygens (including phenoxy) is 1. The Morgan fingerprint density at radius 1 is 1.47 bits per heavy atom. The van der Waals surface area contributed by atoms with Crippen LogP contribution < -0.4 is 5.73 Å². The predicted molar refractivity (Wildman–Crippen MR) is 63.9 cm³/mol. The summed E-state index contributed by atoms with van der Waals surface area (Å²) in [5.74, 6) is 0.704. The van der Waals surface area contributed by atoms with Gasteiger partial charge in [0.2, 0.25) is 0 Å². The Bertz CT molecular complexity index is 188. The summed E-state index contributed by atoms with van der Waals surface area (Å²) in [6, 6.07) is 0. The van der Waals surface area contributed by atoms with E-state index in [2.05, 4.69) is 25.7 Å². The van der Waals surface area contributed by atoms with Gasteiger partial charge >= 0.3 is 0 Å². The molecule has 1 saturated carbocycles. The molecule has 0 amide bonds. The quantitative estimate of drug-likeness (QED) is 0.727. The summed E-state index contributed by atoms with van der Waals surface area (Å²) in [5.41, 5.74) is 6.16. The van der Waals surface area contributed by atoms with Gasteiger partial charge < -0.3 is 10.5 Å². The zero-order valence-electron chi connectivity index (χ0n) is 10.6. The van der Waals surface area contributed by atoms with Crippen LogP contribution in [0.15, 0.2) is 0 Å². The summed E-state index contributed by atoms with van der Waals surface area (Å²) in [6.45, 7) is 9.74. The first-order valence-corrected chi connectivity index (χ1v) is 6.06. The molecule has 3 nitrogen and oxygen atoms in total. The highest BCUT2D eigenvalue weighted by Gasteiger charge is 2.47. The van der Waals surface area contributed by atoms with Gasteiger partial charge in [-0.25, -0.2) is 0 Å². The molecule has 0 atom stereocenters. The fourth-order valence-corrected chi connectivity index (χ4v) is 2.61. The van der Waals surface area contributed by atoms with Crippen molar-refractivity contribution in [3.05, 3.63) is 0 Å². The fraction of sp³-hybridized carbons (Fsp3) is 1.00. The molecule has 0 aromatic heterocycles. The van der Waals surface area contributed by atoms with E-state index >= 15 is 0 Å². The highest BCUT2D eigenvalue weighted by atomic mass is 16.5. The van der Waals surface area contributed by atoms with Crippen LogP contribution >= 0.6 is 0 Å². The van der Waals surface area contributed by atoms with E-state index in [1.807, 2.05) is 0 Å². The average molecular weight is 214 g/mol. The Kier molecular flexibility index (Phi) is 4.56. The normalized spacial score (nSPS) is 31.0. The molecular formula is C12H26N2O. The Morgan fingerprint density at radius 3 is 2.40 bits per heavy atom. The molecular weight excluding hydrogens is 188 g/mol. The number of likely N-dealkylation sites (N-methyl/N-ethyl adjacent to an activating group) is 1. The van der Waals surface area contributed by atoms with Crippen molar-refractivity contribution in [3.63, 3.8) is 0 Å². The molecule has 0 heterocycles. The minimum Gasteiger partial charge on any atom is -0.381 e. The minimum atomic E-state index is 0.222. The van der Waals surface area contributed by atoms with Crippen molar-refractivity contribution in [2.45, 2.75) is 45.3 Å². The monoisotopic (exact) mass is 214 g/mol. The lowest BCUT2D eigenvalue weighted by molar-refractivity contribution is -0.0887. The van der Waals surface area contributed by atoms with Gasteiger partial charge in [-0.15, -0.1) is 0 Å². The molecule has 15 heavy (non-hydrogen) atoms. The number of rotatable bonds is 6. The maximum Gasteiger partial charge on any atom is 0.0607 e. The van der Waals surface area contributed by atoms with Crippen LogP contribution in [-0.2, 0) is 4.74 Å². The van der Waals surface area contributed by atoms with Crippen molar-refractivity contribution in [1.29, 1.82) is 0 Å². The van der Waals surface area contributed by atoms with E-state index in [4.69, 9.17) is 10.5 Å². The summed E-state index contributed by atoms with van der Waals surface area (Å²) in [4.78, 5) is 2.53. The lowest BCUT2D eigenvalue weighted by atomic mass is 9.72. The maximum atomic E-state index is 5.94. The summed E-state index contributed by atoms with van der Waals surface area (Å²) in [5, 5.41) is 0. The molecule has 0 aliphatic heterocycles. The van der Waals surface area contributed by atoms with Crippen LogP contribution in [0.1, 0.15) is 33.6 Å². The maximum absolute atomic E-state index is 5.94. The van der Waals surface area contributed by atoms with E-state index < -0.39 is 0 Å². The van der Waals surface area contributed by atoms with E-state index in [1.54, 1.807) is 7.11 Å². The van der Waals surface area contributed by atoms with Gasteiger partial charge in [0.1, 0.15) is 0 Å². The molecule has 1 aliphatic carbocycles. The van der Waals surface area contributed by atoms with Crippen molar-refractivity contribution in [1.82, 2.24) is 4.90 Å². The largest absolute Gasteiger partial charge is 0.381 e. The topological polar surface area (TPSA) is 38.5 Å². The molecule has 0 radical (unpaired) electrons. The minimum absolute atomic E-state index is 0.222. The highest BCUT2D eigenvalue weighted by molar-refractivity contribution is 5.04. The molecule has 0 bridgehead atoms. The van der Waals surface area contributed by atoms with Crippen molar-refractivity contribution in [2.24, 2.45) is 11.7 Å². The molecule has 1 aliphatic rings. The molecule has 0 aromatic carbocycles. The van der Waals surface area contributed by atoms with Crippen molar-refractivity contribution < 1.29 is 4.74 Å². The van der Waals surface area contributed by atoms with Crippen LogP contribution in [0.2, 0.25) is 0 Å². The van der Waals surface area contributed by atoms with Gasteiger partial charge in [-0.2, -0.15) is 0 Å². The zero-order chi connectivity index (χ0) is 11.5. The first kappa shape index (κ1) is 12.9. The van der Waals surface area contributed by atoms with Gasteiger partial charge in [-0.1, -0.05) is 20.8 Å². The SMILES string of the molecule is CCN(CC(C)C)C1(CN)CC(OC)C1. The predicted octanol–water partition coefficient (Wildman–Crippen LogP) is 1.47. The van der Waals surface area contributed by atoms with Crippen LogP contribution in [0.4, 0.5) is 0 Å². The Hall–Kier alpha value is -0.120. The van der Waals surface area contributed by atoms with Crippen LogP contribution in [0.25, 0.3) is 0 Å². The molecule has 0 unspecified atom stereocenters. The molecule has 2 N–H and O–H groups in total. The van der Waals surface area contributed by atoms with Gasteiger partial charge in [0.25, 0.3) is 0 Å². The van der Waals surface area contributed by atoms with Gasteiger partial charge in [-0.3, -0.25) is 4.90 Å². The summed E-state index contributed by atoms with van der Waals surface area (Å²) in [6.07, 6.45) is 2.62. The second-order valence-corrected chi connectivity index (χ2v) is 5.13. The Morgan fingerprint density at radius 2 is 2.07 bits per heavy atom. The van der Waals surface area contributed by atoms with Gasteiger partial charge in [-0.05, 0) is 25.3 Å². The second kappa shape index (κ2) is 5.28. The summed E-state index contributed by atoms with van der Waals surface area (Å²) < 4.78 is 5.36. The second-order valence-electron chi connectivity index (χ2n) is 5.13. The van der Waals surface area contributed by atoms with Crippen molar-refractivity contribution in [2.75, 3.05) is 26.7 Å². The lowest BCUT2D eigenvalue weighted by Gasteiger charge is -2.53. The average Bonchev–Trinajstić information content (AvgIpc) is 2.15. The van der Waals surface area contributed by atoms with Gasteiger partial charge in [0.15, 0.2) is 0 Å². The van der Waals surface area contributed by atoms with E-state index in [9.17, 15) is 0 Å². The number of hydrogen-bond donors (Lipinski definition) is 1. The first-order chi connectivity index (χ1) is 7.07. The van der Waals surface area contributed by atoms with Gasteiger partial charge in [0.05, 0.1) is 6.10 Å². The van der Waals surface area contributed by atoms with E-state index in [1.165, 1.54) is 0 Å². The van der Waals surface area contributed by atoms with E-state index in [-0.39, 0.29) is 5.54 Å². The third-order valence-corrected chi connectivity index (χ3v) is 3.57. The molecule has 0 saturated heterocycles. The third kappa shape index (κ3) is 2.71. The summed E-state index contributed by atoms with van der Waals surface area (Å²) in [7, 11) is 1.80. The molecule has 1 rings (SSSR count). The smallest absolute Gasteiger partial charge is 0.0607 e. The molecule has 0 aromatic rings. The number of hydrogen-bond acceptors (Lipinski definition) is 3.